The Bertz CT molecular complexity index is 450. The SMILES string of the molecule is CCC1=Cc2ccccc2S1(F)C(F)(F)F. The lowest BCUT2D eigenvalue weighted by Gasteiger charge is -2.31. The lowest BCUT2D eigenvalue weighted by molar-refractivity contribution is -0.0413. The quantitative estimate of drug-likeness (QED) is 0.614. The summed E-state index contributed by atoms with van der Waals surface area (Å²) in [5.74, 6) is 0. The van der Waals surface area contributed by atoms with Crippen LogP contribution in [0.1, 0.15) is 18.9 Å². The van der Waals surface area contributed by atoms with Crippen molar-refractivity contribution in [3.05, 3.63) is 34.7 Å². The maximum atomic E-state index is 14.4. The first-order valence-corrected chi connectivity index (χ1v) is 6.33. The summed E-state index contributed by atoms with van der Waals surface area (Å²) in [6.45, 7) is 1.55. The molecule has 1 aliphatic heterocycles. The molecule has 0 N–H and O–H groups in total. The molecule has 0 fully saturated rings. The Balaban J connectivity index is 2.65. The van der Waals surface area contributed by atoms with Crippen LogP contribution in [0.2, 0.25) is 0 Å². The van der Waals surface area contributed by atoms with Crippen LogP contribution in [0.25, 0.3) is 6.08 Å². The first-order chi connectivity index (χ1) is 7.41. The van der Waals surface area contributed by atoms with Crippen LogP contribution in [0.4, 0.5) is 17.1 Å². The molecule has 2 rings (SSSR count). The molecule has 1 heterocycles. The fourth-order valence-corrected chi connectivity index (χ4v) is 4.06. The van der Waals surface area contributed by atoms with Crippen LogP contribution in [0.15, 0.2) is 34.1 Å². The van der Waals surface area contributed by atoms with Crippen molar-refractivity contribution in [3.8, 4) is 0 Å². The smallest absolute Gasteiger partial charge is 0.172 e. The average Bonchev–Trinajstić information content (AvgIpc) is 2.53. The first kappa shape index (κ1) is 11.5. The van der Waals surface area contributed by atoms with Gasteiger partial charge in [0.15, 0.2) is 0 Å². The van der Waals surface area contributed by atoms with Crippen molar-refractivity contribution >= 4 is 16.5 Å². The van der Waals surface area contributed by atoms with Gasteiger partial charge in [-0.3, -0.25) is 0 Å². The number of hydrogen-bond acceptors (Lipinski definition) is 0. The minimum Gasteiger partial charge on any atom is -0.172 e. The van der Waals surface area contributed by atoms with E-state index < -0.39 is 15.9 Å². The predicted molar refractivity (Wildman–Crippen MR) is 57.7 cm³/mol. The number of fused-ring (bicyclic) bond motifs is 1. The molecule has 1 atom stereocenters. The third kappa shape index (κ3) is 1.38. The highest BCUT2D eigenvalue weighted by atomic mass is 32.3. The molecule has 88 valence electrons. The maximum Gasteiger partial charge on any atom is 0.459 e. The van der Waals surface area contributed by atoms with Crippen LogP contribution >= 0.6 is 10.4 Å². The van der Waals surface area contributed by atoms with Gasteiger partial charge in [0.25, 0.3) is 0 Å². The molecule has 5 heteroatoms. The minimum absolute atomic E-state index is 0.0834. The fourth-order valence-electron chi connectivity index (χ4n) is 1.83. The second-order valence-corrected chi connectivity index (χ2v) is 5.99. The molecule has 0 aromatic heterocycles. The highest BCUT2D eigenvalue weighted by Gasteiger charge is 2.57. The summed E-state index contributed by atoms with van der Waals surface area (Å²) in [4.78, 5) is -0.347. The van der Waals surface area contributed by atoms with Gasteiger partial charge in [-0.05, 0) is 24.1 Å². The van der Waals surface area contributed by atoms with Gasteiger partial charge in [-0.2, -0.15) is 17.1 Å². The van der Waals surface area contributed by atoms with Gasteiger partial charge in [0.2, 0.25) is 0 Å². The molecule has 0 amide bonds. The molecule has 0 saturated carbocycles. The van der Waals surface area contributed by atoms with E-state index in [0.29, 0.717) is 5.56 Å². The number of halogens is 4. The molecule has 16 heavy (non-hydrogen) atoms. The Kier molecular flexibility index (Phi) is 2.53. The van der Waals surface area contributed by atoms with Crippen LogP contribution in [0.5, 0.6) is 0 Å². The van der Waals surface area contributed by atoms with Gasteiger partial charge >= 0.3 is 5.51 Å². The topological polar surface area (TPSA) is 0 Å². The predicted octanol–water partition coefficient (Wildman–Crippen LogP) is 5.02. The summed E-state index contributed by atoms with van der Waals surface area (Å²) in [7, 11) is -4.31. The molecule has 1 unspecified atom stereocenters. The van der Waals surface area contributed by atoms with E-state index in [-0.39, 0.29) is 16.2 Å². The molecule has 0 radical (unpaired) electrons. The second kappa shape index (κ2) is 3.52. The van der Waals surface area contributed by atoms with Crippen LogP contribution in [-0.2, 0) is 0 Å². The summed E-state index contributed by atoms with van der Waals surface area (Å²) in [6.07, 6.45) is 1.41. The zero-order valence-corrected chi connectivity index (χ0v) is 9.33. The van der Waals surface area contributed by atoms with E-state index in [1.807, 2.05) is 0 Å². The number of benzene rings is 1. The molecule has 0 nitrogen and oxygen atoms in total. The summed E-state index contributed by atoms with van der Waals surface area (Å²) in [6, 6.07) is 5.81. The van der Waals surface area contributed by atoms with Gasteiger partial charge in [0.05, 0.1) is 10.4 Å². The Labute approximate surface area is 92.6 Å². The second-order valence-electron chi connectivity index (χ2n) is 3.49. The lowest BCUT2D eigenvalue weighted by Crippen LogP contribution is -2.16. The summed E-state index contributed by atoms with van der Waals surface area (Å²) < 4.78 is 53.0. The summed E-state index contributed by atoms with van der Waals surface area (Å²) in [5.41, 5.74) is -4.46. The molecule has 0 bridgehead atoms. The molecule has 1 aliphatic rings. The van der Waals surface area contributed by atoms with Crippen molar-refractivity contribution in [3.63, 3.8) is 0 Å². The Hall–Kier alpha value is -0.970. The van der Waals surface area contributed by atoms with E-state index in [9.17, 15) is 17.1 Å². The van der Waals surface area contributed by atoms with Gasteiger partial charge < -0.3 is 0 Å². The van der Waals surface area contributed by atoms with Crippen molar-refractivity contribution in [2.75, 3.05) is 0 Å². The van der Waals surface area contributed by atoms with Crippen molar-refractivity contribution in [2.24, 2.45) is 0 Å². The van der Waals surface area contributed by atoms with Crippen LogP contribution < -0.4 is 0 Å². The molecule has 0 spiro atoms. The molecular formula is C11H10F4S. The zero-order chi connectivity index (χ0) is 12.0. The maximum absolute atomic E-state index is 14.4. The van der Waals surface area contributed by atoms with E-state index >= 15 is 0 Å². The number of hydrogen-bond donors (Lipinski definition) is 0. The molecule has 1 aromatic rings. The molecule has 0 saturated heterocycles. The fraction of sp³-hybridized carbons (Fsp3) is 0.273. The van der Waals surface area contributed by atoms with Crippen molar-refractivity contribution in [2.45, 2.75) is 23.7 Å². The Morgan fingerprint density at radius 3 is 2.38 bits per heavy atom. The van der Waals surface area contributed by atoms with E-state index in [4.69, 9.17) is 0 Å². The van der Waals surface area contributed by atoms with Crippen molar-refractivity contribution < 1.29 is 17.1 Å². The molecule has 0 aliphatic carbocycles. The van der Waals surface area contributed by atoms with E-state index in [1.54, 1.807) is 13.0 Å². The van der Waals surface area contributed by atoms with Gasteiger partial charge in [0, 0.05) is 9.80 Å². The average molecular weight is 250 g/mol. The minimum atomic E-state index is -4.82. The third-order valence-corrected chi connectivity index (χ3v) is 5.31. The van der Waals surface area contributed by atoms with Crippen LogP contribution in [0.3, 0.4) is 0 Å². The third-order valence-electron chi connectivity index (χ3n) is 2.57. The van der Waals surface area contributed by atoms with E-state index in [2.05, 4.69) is 0 Å². The zero-order valence-electron chi connectivity index (χ0n) is 8.51. The van der Waals surface area contributed by atoms with Gasteiger partial charge in [0.1, 0.15) is 0 Å². The largest absolute Gasteiger partial charge is 0.459 e. The number of alkyl halides is 3. The lowest BCUT2D eigenvalue weighted by atomic mass is 10.2. The van der Waals surface area contributed by atoms with E-state index in [0.717, 1.165) is 0 Å². The number of allylic oxidation sites excluding steroid dienone is 1. The van der Waals surface area contributed by atoms with Crippen LogP contribution in [0, 0.1) is 0 Å². The summed E-state index contributed by atoms with van der Waals surface area (Å²) >= 11 is 0. The van der Waals surface area contributed by atoms with Gasteiger partial charge in [-0.1, -0.05) is 25.1 Å². The highest BCUT2D eigenvalue weighted by Crippen LogP contribution is 2.77. The van der Waals surface area contributed by atoms with Crippen LogP contribution in [-0.4, -0.2) is 5.51 Å². The first-order valence-electron chi connectivity index (χ1n) is 4.80. The Morgan fingerprint density at radius 1 is 1.19 bits per heavy atom. The van der Waals surface area contributed by atoms with E-state index in [1.165, 1.54) is 24.3 Å². The Morgan fingerprint density at radius 2 is 1.81 bits per heavy atom. The van der Waals surface area contributed by atoms with Crippen molar-refractivity contribution in [1.82, 2.24) is 0 Å². The van der Waals surface area contributed by atoms with Crippen molar-refractivity contribution in [1.29, 1.82) is 0 Å². The number of rotatable bonds is 1. The normalized spacial score (nSPS) is 28.2. The molecule has 1 aromatic carbocycles. The monoisotopic (exact) mass is 250 g/mol. The highest BCUT2D eigenvalue weighted by molar-refractivity contribution is 8.33. The van der Waals surface area contributed by atoms with Gasteiger partial charge in [-0.25, -0.2) is 0 Å². The molecular weight excluding hydrogens is 240 g/mol. The van der Waals surface area contributed by atoms with Gasteiger partial charge in [-0.15, -0.1) is 0 Å². The standard InChI is InChI=1S/C11H10F4S/c1-2-9-7-8-5-3-4-6-10(8)16(9,15)11(12,13)14/h3-7H,2H2,1H3. The summed E-state index contributed by atoms with van der Waals surface area (Å²) in [5, 5.41) is 0.